The van der Waals surface area contributed by atoms with Gasteiger partial charge in [-0.1, -0.05) is 29.8 Å². The molecule has 0 radical (unpaired) electrons. The molecular weight excluding hydrogens is 485 g/mol. The zero-order valence-corrected chi connectivity index (χ0v) is 17.0. The maximum absolute atomic E-state index is 12.3. The second kappa shape index (κ2) is 7.70. The Balaban J connectivity index is 1.78. The van der Waals surface area contributed by atoms with Crippen LogP contribution in [0.4, 0.5) is 5.69 Å². The predicted octanol–water partition coefficient (Wildman–Crippen LogP) is 5.11. The van der Waals surface area contributed by atoms with Crippen LogP contribution in [0.1, 0.15) is 15.9 Å². The summed E-state index contributed by atoms with van der Waals surface area (Å²) in [6, 6.07) is 13.4. The van der Waals surface area contributed by atoms with Gasteiger partial charge in [0.25, 0.3) is 11.8 Å². The lowest BCUT2D eigenvalue weighted by Gasteiger charge is -2.14. The number of amides is 2. The second-order valence-electron chi connectivity index (χ2n) is 5.34. The molecule has 0 saturated heterocycles. The molecule has 1 aliphatic heterocycles. The Bertz CT molecular complexity index is 957. The first-order valence-electron chi connectivity index (χ1n) is 7.41. The van der Waals surface area contributed by atoms with Crippen LogP contribution in [-0.2, 0) is 9.59 Å². The van der Waals surface area contributed by atoms with Crippen LogP contribution in [-0.4, -0.2) is 17.6 Å². The van der Waals surface area contributed by atoms with E-state index >= 15 is 0 Å². The minimum absolute atomic E-state index is 0.172. The highest BCUT2D eigenvalue weighted by atomic mass is 79.9. The molecule has 0 unspecified atom stereocenters. The zero-order chi connectivity index (χ0) is 18.8. The molecule has 0 atom stereocenters. The number of anilines is 1. The summed E-state index contributed by atoms with van der Waals surface area (Å²) in [5.74, 6) is -1.13. The standard InChI is InChI=1S/C19H10Br2ClNO3/c20-16-17(21)19(26)23(18(16)25)13-8-5-12(6-9-13)15(24)10-7-11-3-1-2-4-14(11)22/h1-10H/b10-7+. The molecule has 3 rings (SSSR count). The number of hydrogen-bond acceptors (Lipinski definition) is 3. The Labute approximate surface area is 171 Å². The van der Waals surface area contributed by atoms with Crippen molar-refractivity contribution in [3.63, 3.8) is 0 Å². The van der Waals surface area contributed by atoms with Crippen molar-refractivity contribution in [3.8, 4) is 0 Å². The van der Waals surface area contributed by atoms with Gasteiger partial charge in [0.15, 0.2) is 5.78 Å². The molecule has 0 aliphatic carbocycles. The Morgan fingerprint density at radius 1 is 0.923 bits per heavy atom. The fourth-order valence-corrected chi connectivity index (χ4v) is 3.25. The molecule has 26 heavy (non-hydrogen) atoms. The molecule has 2 aromatic rings. The summed E-state index contributed by atoms with van der Waals surface area (Å²) >= 11 is 12.2. The van der Waals surface area contributed by atoms with Gasteiger partial charge < -0.3 is 0 Å². The highest BCUT2D eigenvalue weighted by molar-refractivity contribution is 9.14. The number of benzene rings is 2. The van der Waals surface area contributed by atoms with Crippen LogP contribution in [0.15, 0.2) is 63.6 Å². The summed E-state index contributed by atoms with van der Waals surface area (Å²) in [4.78, 5) is 37.6. The lowest BCUT2D eigenvalue weighted by Crippen LogP contribution is -2.30. The van der Waals surface area contributed by atoms with E-state index in [-0.39, 0.29) is 14.7 Å². The van der Waals surface area contributed by atoms with Crippen molar-refractivity contribution in [1.82, 2.24) is 0 Å². The average molecular weight is 496 g/mol. The molecule has 7 heteroatoms. The number of ketones is 1. The molecule has 130 valence electrons. The van der Waals surface area contributed by atoms with Crippen molar-refractivity contribution >= 4 is 72.8 Å². The number of rotatable bonds is 4. The summed E-state index contributed by atoms with van der Waals surface area (Å²) in [7, 11) is 0. The van der Waals surface area contributed by atoms with Crippen molar-refractivity contribution in [2.24, 2.45) is 0 Å². The van der Waals surface area contributed by atoms with Gasteiger partial charge in [-0.15, -0.1) is 0 Å². The van der Waals surface area contributed by atoms with Gasteiger partial charge in [0.1, 0.15) is 8.96 Å². The van der Waals surface area contributed by atoms with E-state index < -0.39 is 11.8 Å². The van der Waals surface area contributed by atoms with E-state index in [9.17, 15) is 14.4 Å². The molecule has 0 saturated carbocycles. The smallest absolute Gasteiger partial charge is 0.273 e. The third-order valence-electron chi connectivity index (χ3n) is 3.70. The van der Waals surface area contributed by atoms with Gasteiger partial charge in [-0.3, -0.25) is 14.4 Å². The molecule has 0 aromatic heterocycles. The molecule has 2 aromatic carbocycles. The van der Waals surface area contributed by atoms with Gasteiger partial charge in [-0.2, -0.15) is 0 Å². The van der Waals surface area contributed by atoms with Crippen LogP contribution in [0.5, 0.6) is 0 Å². The second-order valence-corrected chi connectivity index (χ2v) is 7.33. The molecular formula is C19H10Br2ClNO3. The van der Waals surface area contributed by atoms with E-state index in [2.05, 4.69) is 31.9 Å². The number of nitrogens with zero attached hydrogens (tertiary/aromatic N) is 1. The maximum Gasteiger partial charge on any atom is 0.273 e. The molecule has 2 amide bonds. The van der Waals surface area contributed by atoms with Crippen LogP contribution >= 0.6 is 43.5 Å². The lowest BCUT2D eigenvalue weighted by atomic mass is 10.1. The SMILES string of the molecule is O=C(/C=C/c1ccccc1Cl)c1ccc(N2C(=O)C(Br)=C(Br)C2=O)cc1. The fraction of sp³-hybridized carbons (Fsp3) is 0. The predicted molar refractivity (Wildman–Crippen MR) is 109 cm³/mol. The van der Waals surface area contributed by atoms with Crippen LogP contribution in [0.3, 0.4) is 0 Å². The molecule has 0 N–H and O–H groups in total. The van der Waals surface area contributed by atoms with Crippen molar-refractivity contribution < 1.29 is 14.4 Å². The van der Waals surface area contributed by atoms with Crippen molar-refractivity contribution in [2.45, 2.75) is 0 Å². The van der Waals surface area contributed by atoms with Gasteiger partial charge in [-0.05, 0) is 79.9 Å². The Morgan fingerprint density at radius 2 is 1.50 bits per heavy atom. The van der Waals surface area contributed by atoms with Crippen LogP contribution < -0.4 is 4.90 Å². The van der Waals surface area contributed by atoms with E-state index in [1.165, 1.54) is 6.08 Å². The highest BCUT2D eigenvalue weighted by Crippen LogP contribution is 2.33. The lowest BCUT2D eigenvalue weighted by molar-refractivity contribution is -0.120. The van der Waals surface area contributed by atoms with Gasteiger partial charge in [0.2, 0.25) is 0 Å². The normalized spacial score (nSPS) is 14.7. The Morgan fingerprint density at radius 3 is 2.08 bits per heavy atom. The zero-order valence-electron chi connectivity index (χ0n) is 13.1. The monoisotopic (exact) mass is 493 g/mol. The van der Waals surface area contributed by atoms with E-state index in [1.54, 1.807) is 36.4 Å². The van der Waals surface area contributed by atoms with Crippen molar-refractivity contribution in [1.29, 1.82) is 0 Å². The number of hydrogen-bond donors (Lipinski definition) is 0. The largest absolute Gasteiger partial charge is 0.289 e. The Kier molecular flexibility index (Phi) is 5.55. The number of carbonyl (C=O) groups is 3. The summed E-state index contributed by atoms with van der Waals surface area (Å²) in [6.45, 7) is 0. The van der Waals surface area contributed by atoms with Gasteiger partial charge in [0.05, 0.1) is 5.69 Å². The van der Waals surface area contributed by atoms with Gasteiger partial charge in [-0.25, -0.2) is 4.90 Å². The summed E-state index contributed by atoms with van der Waals surface area (Å²) in [5.41, 5.74) is 1.56. The van der Waals surface area contributed by atoms with E-state index in [4.69, 9.17) is 11.6 Å². The molecule has 0 spiro atoms. The van der Waals surface area contributed by atoms with Crippen LogP contribution in [0, 0.1) is 0 Å². The first-order chi connectivity index (χ1) is 12.4. The molecule has 1 aliphatic rings. The van der Waals surface area contributed by atoms with E-state index in [0.717, 1.165) is 10.5 Å². The number of carbonyl (C=O) groups excluding carboxylic acids is 3. The average Bonchev–Trinajstić information content (AvgIpc) is 2.84. The third-order valence-corrected chi connectivity index (χ3v) is 6.05. The molecule has 4 nitrogen and oxygen atoms in total. The summed E-state index contributed by atoms with van der Waals surface area (Å²) in [5, 5.41) is 0.557. The fourth-order valence-electron chi connectivity index (χ4n) is 2.36. The van der Waals surface area contributed by atoms with E-state index in [1.807, 2.05) is 18.2 Å². The number of imide groups is 1. The first-order valence-corrected chi connectivity index (χ1v) is 9.37. The van der Waals surface area contributed by atoms with Crippen LogP contribution in [0.25, 0.3) is 6.08 Å². The summed E-state index contributed by atoms with van der Waals surface area (Å²) < 4.78 is 0.343. The first kappa shape index (κ1) is 18.8. The third kappa shape index (κ3) is 3.58. The van der Waals surface area contributed by atoms with Crippen LogP contribution in [0.2, 0.25) is 5.02 Å². The quantitative estimate of drug-likeness (QED) is 0.337. The number of halogens is 3. The molecule has 1 heterocycles. The molecule has 0 fully saturated rings. The van der Waals surface area contributed by atoms with E-state index in [0.29, 0.717) is 16.3 Å². The van der Waals surface area contributed by atoms with Gasteiger partial charge >= 0.3 is 0 Å². The van der Waals surface area contributed by atoms with Crippen molar-refractivity contribution in [2.75, 3.05) is 4.90 Å². The summed E-state index contributed by atoms with van der Waals surface area (Å²) in [6.07, 6.45) is 3.07. The topological polar surface area (TPSA) is 54.5 Å². The Hall–Kier alpha value is -2.02. The minimum Gasteiger partial charge on any atom is -0.289 e. The minimum atomic E-state index is -0.459. The highest BCUT2D eigenvalue weighted by Gasteiger charge is 2.36. The van der Waals surface area contributed by atoms with Gasteiger partial charge in [0, 0.05) is 10.6 Å². The van der Waals surface area contributed by atoms with Crippen molar-refractivity contribution in [3.05, 3.63) is 79.7 Å². The molecule has 0 bridgehead atoms. The maximum atomic E-state index is 12.3. The number of allylic oxidation sites excluding steroid dienone is 1.